The summed E-state index contributed by atoms with van der Waals surface area (Å²) >= 11 is 0. The second-order valence-electron chi connectivity index (χ2n) is 17.4. The zero-order valence-corrected chi connectivity index (χ0v) is 37.3. The van der Waals surface area contributed by atoms with Crippen LogP contribution >= 0.6 is 0 Å². The first-order valence-corrected chi connectivity index (χ1v) is 21.6. The number of nitrogens with zero attached hydrogens (tertiary/aromatic N) is 1. The molecule has 0 atom stereocenters. The van der Waals surface area contributed by atoms with Crippen molar-refractivity contribution in [2.24, 2.45) is 0 Å². The van der Waals surface area contributed by atoms with Gasteiger partial charge in [-0.25, -0.2) is 0 Å². The van der Waals surface area contributed by atoms with Crippen LogP contribution in [0.4, 0.5) is 105 Å². The number of alkyl halides is 24. The van der Waals surface area contributed by atoms with E-state index in [1.54, 1.807) is 0 Å². The summed E-state index contributed by atoms with van der Waals surface area (Å²) in [6.45, 7) is 0.994. The highest BCUT2D eigenvalue weighted by Crippen LogP contribution is 2.42. The Labute approximate surface area is 408 Å². The fraction of sp³-hybridized carbons (Fsp3) is 0.286. The number of hydrogen-bond acceptors (Lipinski definition) is 0. The average Bonchev–Trinajstić information content (AvgIpc) is 3.83. The van der Waals surface area contributed by atoms with Gasteiger partial charge in [0.25, 0.3) is 0 Å². The first-order chi connectivity index (χ1) is 34.2. The standard InChI is InChI=1S/C32H12BF24.C17H20N/c34-25(35,36)13-1-14(26(37,38)39)6-21(5-13)33(22-7-15(27(40,41)42)2-16(8-22)28(43,44)45,23-9-17(29(46,47)48)3-18(10-23)30(49,50)51)24-11-19(31(52,53)54)4-20(12-24)32(55,56)57;1-2-8-15(9-3-1)14-18-13-7-6-12-17(18)16-10-4-5-11-16/h1-12H;1-3,6-9,12-13,16H,4-5,10-11,14H2/q-1;+1. The van der Waals surface area contributed by atoms with Crippen molar-refractivity contribution in [1.29, 1.82) is 0 Å². The van der Waals surface area contributed by atoms with E-state index in [-0.39, 0.29) is 0 Å². The van der Waals surface area contributed by atoms with Gasteiger partial charge in [-0.15, -0.1) is 0 Å². The first-order valence-electron chi connectivity index (χ1n) is 21.6. The molecule has 7 rings (SSSR count). The number of benzene rings is 5. The SMILES string of the molecule is FC(F)(F)c1cc([B-](c2cc(C(F)(F)F)cc(C(F)(F)F)c2)(c2cc(C(F)(F)F)cc(C(F)(F)F)c2)c2cc(C(F)(F)F)cc(C(F)(F)F)c2)cc(C(F)(F)F)c1.c1ccc(C[n+]2ccccc2C2CCCC2)cc1. The zero-order chi connectivity index (χ0) is 56.1. The lowest BCUT2D eigenvalue weighted by molar-refractivity contribution is -0.697. The third-order valence-electron chi connectivity index (χ3n) is 12.4. The largest absolute Gasteiger partial charge is 0.416 e. The molecule has 1 saturated carbocycles. The van der Waals surface area contributed by atoms with E-state index in [2.05, 4.69) is 59.3 Å². The lowest BCUT2D eigenvalue weighted by atomic mass is 9.12. The van der Waals surface area contributed by atoms with Crippen molar-refractivity contribution in [3.8, 4) is 0 Å². The molecule has 75 heavy (non-hydrogen) atoms. The van der Waals surface area contributed by atoms with Gasteiger partial charge in [-0.1, -0.05) is 97.8 Å². The molecule has 1 aliphatic carbocycles. The van der Waals surface area contributed by atoms with Crippen molar-refractivity contribution >= 4 is 28.0 Å². The highest BCUT2D eigenvalue weighted by atomic mass is 19.4. The molecule has 0 unspecified atom stereocenters. The smallest absolute Gasteiger partial charge is 0.198 e. The maximum atomic E-state index is 14.2. The van der Waals surface area contributed by atoms with Gasteiger partial charge in [-0.3, -0.25) is 0 Å². The van der Waals surface area contributed by atoms with E-state index in [1.807, 2.05) is 0 Å². The predicted molar refractivity (Wildman–Crippen MR) is 223 cm³/mol. The van der Waals surface area contributed by atoms with Crippen molar-refractivity contribution in [3.63, 3.8) is 0 Å². The summed E-state index contributed by atoms with van der Waals surface area (Å²) < 4.78 is 343. The molecular formula is C49H32BF24N. The van der Waals surface area contributed by atoms with E-state index < -0.39 is 195 Å². The molecule has 0 saturated heterocycles. The van der Waals surface area contributed by atoms with Crippen LogP contribution in [0.2, 0.25) is 0 Å². The van der Waals surface area contributed by atoms with Crippen LogP contribution in [0.25, 0.3) is 0 Å². The van der Waals surface area contributed by atoms with Crippen LogP contribution in [0, 0.1) is 0 Å². The number of halogens is 24. The van der Waals surface area contributed by atoms with Crippen LogP contribution in [0.3, 0.4) is 0 Å². The number of pyridine rings is 1. The first kappa shape index (κ1) is 57.9. The van der Waals surface area contributed by atoms with Gasteiger partial charge in [0, 0.05) is 23.6 Å². The fourth-order valence-corrected chi connectivity index (χ4v) is 9.08. The molecule has 0 N–H and O–H groups in total. The predicted octanol–water partition coefficient (Wildman–Crippen LogP) is 14.9. The topological polar surface area (TPSA) is 3.88 Å². The third kappa shape index (κ3) is 13.4. The fourth-order valence-electron chi connectivity index (χ4n) is 9.08. The van der Waals surface area contributed by atoms with Gasteiger partial charge < -0.3 is 0 Å². The summed E-state index contributed by atoms with van der Waals surface area (Å²) in [5.74, 6) is 0.773. The van der Waals surface area contributed by atoms with E-state index >= 15 is 0 Å². The minimum absolute atomic E-state index is 0.691. The van der Waals surface area contributed by atoms with E-state index in [9.17, 15) is 105 Å². The Morgan fingerprint density at radius 1 is 0.333 bits per heavy atom. The minimum atomic E-state index is -6.13. The molecule has 404 valence electrons. The molecule has 1 aliphatic rings. The van der Waals surface area contributed by atoms with Crippen LogP contribution in [-0.4, -0.2) is 6.15 Å². The van der Waals surface area contributed by atoms with E-state index in [1.165, 1.54) is 36.9 Å². The summed E-state index contributed by atoms with van der Waals surface area (Å²) in [4.78, 5) is 0. The maximum Gasteiger partial charge on any atom is 0.416 e. The Kier molecular flexibility index (Phi) is 15.7. The maximum absolute atomic E-state index is 14.2. The monoisotopic (exact) mass is 1100 g/mol. The number of aromatic nitrogens is 1. The van der Waals surface area contributed by atoms with Crippen LogP contribution in [0.1, 0.15) is 87.4 Å². The van der Waals surface area contributed by atoms with Crippen molar-refractivity contribution < 1.29 is 110 Å². The Morgan fingerprint density at radius 3 is 0.840 bits per heavy atom. The lowest BCUT2D eigenvalue weighted by Gasteiger charge is -2.46. The molecule has 1 nitrogen and oxygen atoms in total. The summed E-state index contributed by atoms with van der Waals surface area (Å²) in [5.41, 5.74) is -27.3. The second kappa shape index (κ2) is 20.3. The molecule has 0 aliphatic heterocycles. The molecule has 26 heteroatoms. The van der Waals surface area contributed by atoms with Crippen LogP contribution in [0.15, 0.2) is 128 Å². The van der Waals surface area contributed by atoms with Gasteiger partial charge in [0.1, 0.15) is 6.15 Å². The van der Waals surface area contributed by atoms with Crippen molar-refractivity contribution in [1.82, 2.24) is 0 Å². The molecule has 0 spiro atoms. The average molecular weight is 1100 g/mol. The van der Waals surface area contributed by atoms with Gasteiger partial charge in [0.05, 0.1) is 44.5 Å². The molecule has 1 aromatic heterocycles. The van der Waals surface area contributed by atoms with Crippen molar-refractivity contribution in [2.45, 2.75) is 87.6 Å². The molecule has 1 fully saturated rings. The molecule has 5 aromatic carbocycles. The second-order valence-corrected chi connectivity index (χ2v) is 17.4. The van der Waals surface area contributed by atoms with E-state index in [0.717, 1.165) is 12.5 Å². The van der Waals surface area contributed by atoms with Crippen LogP contribution < -0.4 is 26.4 Å². The number of rotatable bonds is 7. The molecular weight excluding hydrogens is 1070 g/mol. The summed E-state index contributed by atoms with van der Waals surface area (Å²) in [6.07, 6.45) is -47.1. The summed E-state index contributed by atoms with van der Waals surface area (Å²) in [6, 6.07) is 8.54. The van der Waals surface area contributed by atoms with Crippen LogP contribution in [-0.2, 0) is 56.0 Å². The van der Waals surface area contributed by atoms with Crippen LogP contribution in [0.5, 0.6) is 0 Å². The molecule has 0 amide bonds. The summed E-state index contributed by atoms with van der Waals surface area (Å²) in [7, 11) is 0. The Bertz CT molecular complexity index is 2530. The third-order valence-corrected chi connectivity index (χ3v) is 12.4. The molecule has 1 heterocycles. The molecule has 0 radical (unpaired) electrons. The van der Waals surface area contributed by atoms with Crippen molar-refractivity contribution in [2.75, 3.05) is 0 Å². The lowest BCUT2D eigenvalue weighted by Crippen LogP contribution is -2.75. The Balaban J connectivity index is 0.000000421. The normalized spacial score (nSPS) is 14.7. The van der Waals surface area contributed by atoms with Gasteiger partial charge in [-0.2, -0.15) is 132 Å². The van der Waals surface area contributed by atoms with Gasteiger partial charge in [0.15, 0.2) is 18.4 Å². The zero-order valence-electron chi connectivity index (χ0n) is 37.3. The van der Waals surface area contributed by atoms with Gasteiger partial charge in [0.2, 0.25) is 0 Å². The van der Waals surface area contributed by atoms with Gasteiger partial charge in [-0.05, 0) is 37.1 Å². The van der Waals surface area contributed by atoms with E-state index in [0.29, 0.717) is 0 Å². The molecule has 0 bridgehead atoms. The Morgan fingerprint density at radius 2 is 0.587 bits per heavy atom. The molecule has 6 aromatic rings. The van der Waals surface area contributed by atoms with Gasteiger partial charge >= 0.3 is 49.4 Å². The quantitative estimate of drug-likeness (QED) is 0.0852. The highest BCUT2D eigenvalue weighted by Gasteiger charge is 2.47. The Hall–Kier alpha value is -6.37. The van der Waals surface area contributed by atoms with E-state index in [4.69, 9.17) is 0 Å². The number of hydrogen-bond donors (Lipinski definition) is 0. The minimum Gasteiger partial charge on any atom is -0.198 e. The summed E-state index contributed by atoms with van der Waals surface area (Å²) in [5, 5.41) is 0. The highest BCUT2D eigenvalue weighted by molar-refractivity contribution is 7.20. The van der Waals surface area contributed by atoms with Crippen molar-refractivity contribution in [3.05, 3.63) is 183 Å².